The quantitative estimate of drug-likeness (QED) is 0.417. The summed E-state index contributed by atoms with van der Waals surface area (Å²) in [6.07, 6.45) is 1.43. The highest BCUT2D eigenvalue weighted by Gasteiger charge is 2.30. The Morgan fingerprint density at radius 2 is 2.50 bits per heavy atom. The summed E-state index contributed by atoms with van der Waals surface area (Å²) in [6, 6.07) is 0. The SMILES string of the molecule is C[C@@H]1CC(=O)O[C@H]1CC=O. The molecule has 1 saturated heterocycles. The first-order valence-corrected chi connectivity index (χ1v) is 3.37. The average molecular weight is 142 g/mol. The van der Waals surface area contributed by atoms with Crippen molar-refractivity contribution in [1.82, 2.24) is 0 Å². The van der Waals surface area contributed by atoms with Crippen molar-refractivity contribution in [2.24, 2.45) is 5.92 Å². The number of rotatable bonds is 2. The van der Waals surface area contributed by atoms with E-state index in [2.05, 4.69) is 0 Å². The molecule has 3 heteroatoms. The summed E-state index contributed by atoms with van der Waals surface area (Å²) in [5.74, 6) is 0.0250. The van der Waals surface area contributed by atoms with Crippen molar-refractivity contribution in [3.63, 3.8) is 0 Å². The molecule has 0 saturated carbocycles. The average Bonchev–Trinajstić information content (AvgIpc) is 2.13. The first-order valence-electron chi connectivity index (χ1n) is 3.37. The maximum Gasteiger partial charge on any atom is 0.306 e. The molecule has 1 fully saturated rings. The second-order valence-electron chi connectivity index (χ2n) is 2.61. The first-order chi connectivity index (χ1) is 4.74. The molecule has 0 radical (unpaired) electrons. The molecular weight excluding hydrogens is 132 g/mol. The largest absolute Gasteiger partial charge is 0.462 e. The lowest BCUT2D eigenvalue weighted by Gasteiger charge is -2.08. The van der Waals surface area contributed by atoms with Crippen LogP contribution in [-0.2, 0) is 14.3 Å². The smallest absolute Gasteiger partial charge is 0.306 e. The number of hydrogen-bond acceptors (Lipinski definition) is 3. The molecule has 0 amide bonds. The van der Waals surface area contributed by atoms with Crippen LogP contribution >= 0.6 is 0 Å². The van der Waals surface area contributed by atoms with E-state index in [4.69, 9.17) is 4.74 Å². The van der Waals surface area contributed by atoms with Crippen LogP contribution in [0.5, 0.6) is 0 Å². The van der Waals surface area contributed by atoms with Crippen LogP contribution in [0.2, 0.25) is 0 Å². The lowest BCUT2D eigenvalue weighted by atomic mass is 10.0. The molecule has 0 bridgehead atoms. The summed E-state index contributed by atoms with van der Waals surface area (Å²) >= 11 is 0. The predicted molar refractivity (Wildman–Crippen MR) is 34.3 cm³/mol. The van der Waals surface area contributed by atoms with Gasteiger partial charge in [0.05, 0.1) is 6.42 Å². The zero-order chi connectivity index (χ0) is 7.56. The zero-order valence-electron chi connectivity index (χ0n) is 5.87. The van der Waals surface area contributed by atoms with Gasteiger partial charge in [0.1, 0.15) is 12.4 Å². The fourth-order valence-corrected chi connectivity index (χ4v) is 1.10. The minimum absolute atomic E-state index is 0.162. The van der Waals surface area contributed by atoms with E-state index in [1.807, 2.05) is 6.92 Å². The van der Waals surface area contributed by atoms with Gasteiger partial charge in [0.25, 0.3) is 0 Å². The Balaban J connectivity index is 2.45. The molecule has 2 atom stereocenters. The fourth-order valence-electron chi connectivity index (χ4n) is 1.10. The van der Waals surface area contributed by atoms with Crippen molar-refractivity contribution in [2.75, 3.05) is 0 Å². The maximum absolute atomic E-state index is 10.6. The van der Waals surface area contributed by atoms with Crippen molar-refractivity contribution in [3.8, 4) is 0 Å². The standard InChI is InChI=1S/C7H10O3/c1-5-4-7(9)10-6(5)2-3-8/h3,5-6H,2,4H2,1H3/t5-,6+/m1/s1. The molecular formula is C7H10O3. The van der Waals surface area contributed by atoms with E-state index in [0.717, 1.165) is 6.29 Å². The summed E-state index contributed by atoms with van der Waals surface area (Å²) in [5.41, 5.74) is 0. The molecule has 0 aromatic carbocycles. The van der Waals surface area contributed by atoms with E-state index in [9.17, 15) is 9.59 Å². The minimum atomic E-state index is -0.181. The van der Waals surface area contributed by atoms with Crippen LogP contribution in [0.25, 0.3) is 0 Å². The van der Waals surface area contributed by atoms with Gasteiger partial charge in [-0.3, -0.25) is 4.79 Å². The summed E-state index contributed by atoms with van der Waals surface area (Å²) in [6.45, 7) is 1.92. The third-order valence-electron chi connectivity index (χ3n) is 1.73. The lowest BCUT2D eigenvalue weighted by molar-refractivity contribution is -0.141. The summed E-state index contributed by atoms with van der Waals surface area (Å²) in [4.78, 5) is 20.6. The van der Waals surface area contributed by atoms with Gasteiger partial charge in [0.15, 0.2) is 0 Å². The van der Waals surface area contributed by atoms with Gasteiger partial charge >= 0.3 is 5.97 Å². The molecule has 0 aromatic rings. The van der Waals surface area contributed by atoms with E-state index < -0.39 is 0 Å². The van der Waals surface area contributed by atoms with Crippen LogP contribution in [0.15, 0.2) is 0 Å². The number of ether oxygens (including phenoxy) is 1. The molecule has 1 heterocycles. The molecule has 0 N–H and O–H groups in total. The highest BCUT2D eigenvalue weighted by atomic mass is 16.5. The Hall–Kier alpha value is -0.860. The normalized spacial score (nSPS) is 31.9. The molecule has 0 aliphatic carbocycles. The Bertz CT molecular complexity index is 153. The van der Waals surface area contributed by atoms with E-state index in [0.29, 0.717) is 12.8 Å². The van der Waals surface area contributed by atoms with Crippen molar-refractivity contribution in [2.45, 2.75) is 25.9 Å². The Labute approximate surface area is 59.4 Å². The minimum Gasteiger partial charge on any atom is -0.462 e. The summed E-state index contributed by atoms with van der Waals surface area (Å²) < 4.78 is 4.84. The monoisotopic (exact) mass is 142 g/mol. The number of carbonyl (C=O) groups excluding carboxylic acids is 2. The lowest BCUT2D eigenvalue weighted by Crippen LogP contribution is -2.13. The van der Waals surface area contributed by atoms with Crippen LogP contribution in [0.3, 0.4) is 0 Å². The third-order valence-corrected chi connectivity index (χ3v) is 1.73. The molecule has 1 aliphatic rings. The van der Waals surface area contributed by atoms with Gasteiger partial charge in [-0.15, -0.1) is 0 Å². The number of carbonyl (C=O) groups is 2. The van der Waals surface area contributed by atoms with E-state index in [1.165, 1.54) is 0 Å². The van der Waals surface area contributed by atoms with Crippen molar-refractivity contribution in [1.29, 1.82) is 0 Å². The first kappa shape index (κ1) is 7.25. The van der Waals surface area contributed by atoms with Gasteiger partial charge < -0.3 is 9.53 Å². The predicted octanol–water partition coefficient (Wildman–Crippen LogP) is 0.527. The Kier molecular flexibility index (Phi) is 2.04. The molecule has 1 rings (SSSR count). The Morgan fingerprint density at radius 3 is 2.90 bits per heavy atom. The van der Waals surface area contributed by atoms with Crippen LogP contribution in [-0.4, -0.2) is 18.4 Å². The second kappa shape index (κ2) is 2.82. The van der Waals surface area contributed by atoms with Gasteiger partial charge in [-0.25, -0.2) is 0 Å². The Morgan fingerprint density at radius 1 is 1.80 bits per heavy atom. The van der Waals surface area contributed by atoms with Crippen molar-refractivity contribution in [3.05, 3.63) is 0 Å². The summed E-state index contributed by atoms with van der Waals surface area (Å²) in [5, 5.41) is 0. The van der Waals surface area contributed by atoms with Gasteiger partial charge in [0.2, 0.25) is 0 Å². The van der Waals surface area contributed by atoms with Crippen LogP contribution in [0.1, 0.15) is 19.8 Å². The van der Waals surface area contributed by atoms with Crippen molar-refractivity contribution < 1.29 is 14.3 Å². The molecule has 56 valence electrons. The third kappa shape index (κ3) is 1.35. The van der Waals surface area contributed by atoms with Gasteiger partial charge in [-0.1, -0.05) is 6.92 Å². The number of aldehydes is 1. The van der Waals surface area contributed by atoms with Crippen LogP contribution in [0, 0.1) is 5.92 Å². The molecule has 0 spiro atoms. The number of cyclic esters (lactones) is 1. The second-order valence-corrected chi connectivity index (χ2v) is 2.61. The molecule has 0 unspecified atom stereocenters. The molecule has 3 nitrogen and oxygen atoms in total. The molecule has 10 heavy (non-hydrogen) atoms. The fraction of sp³-hybridized carbons (Fsp3) is 0.714. The highest BCUT2D eigenvalue weighted by molar-refractivity contribution is 5.72. The van der Waals surface area contributed by atoms with Gasteiger partial charge in [0, 0.05) is 12.3 Å². The maximum atomic E-state index is 10.6. The zero-order valence-corrected chi connectivity index (χ0v) is 5.87. The van der Waals surface area contributed by atoms with E-state index in [-0.39, 0.29) is 18.0 Å². The van der Waals surface area contributed by atoms with Crippen molar-refractivity contribution >= 4 is 12.3 Å². The van der Waals surface area contributed by atoms with E-state index >= 15 is 0 Å². The highest BCUT2D eigenvalue weighted by Crippen LogP contribution is 2.22. The van der Waals surface area contributed by atoms with Gasteiger partial charge in [-0.2, -0.15) is 0 Å². The molecule has 0 aromatic heterocycles. The van der Waals surface area contributed by atoms with Crippen LogP contribution in [0.4, 0.5) is 0 Å². The van der Waals surface area contributed by atoms with Gasteiger partial charge in [-0.05, 0) is 0 Å². The van der Waals surface area contributed by atoms with E-state index in [1.54, 1.807) is 0 Å². The van der Waals surface area contributed by atoms with Crippen LogP contribution < -0.4 is 0 Å². The number of esters is 1. The summed E-state index contributed by atoms with van der Waals surface area (Å²) in [7, 11) is 0. The number of hydrogen-bond donors (Lipinski definition) is 0. The molecule has 1 aliphatic heterocycles. The topological polar surface area (TPSA) is 43.4 Å².